The second-order valence-corrected chi connectivity index (χ2v) is 8.29. The van der Waals surface area contributed by atoms with Crippen molar-refractivity contribution in [1.82, 2.24) is 10.2 Å². The number of piperidine rings is 2. The van der Waals surface area contributed by atoms with Crippen molar-refractivity contribution in [2.45, 2.75) is 51.1 Å². The van der Waals surface area contributed by atoms with Gasteiger partial charge in [-0.2, -0.15) is 0 Å². The summed E-state index contributed by atoms with van der Waals surface area (Å²) in [5.41, 5.74) is 3.19. The Morgan fingerprint density at radius 2 is 1.57 bits per heavy atom. The molecule has 0 aliphatic carbocycles. The SMILES string of the molecule is O=C(NCc1ccc(N2CCCCC2)cc1)C(c1ccccc1)N1CCCCC1=O. The van der Waals surface area contributed by atoms with Crippen LogP contribution in [0.4, 0.5) is 5.69 Å². The summed E-state index contributed by atoms with van der Waals surface area (Å²) in [5.74, 6) is -0.0484. The number of nitrogens with one attached hydrogen (secondary N) is 1. The second kappa shape index (κ2) is 9.79. The molecule has 2 aromatic rings. The number of benzene rings is 2. The Hall–Kier alpha value is -2.82. The van der Waals surface area contributed by atoms with Crippen molar-refractivity contribution >= 4 is 17.5 Å². The predicted octanol–water partition coefficient (Wildman–Crippen LogP) is 4.05. The maximum absolute atomic E-state index is 13.2. The summed E-state index contributed by atoms with van der Waals surface area (Å²) in [7, 11) is 0. The summed E-state index contributed by atoms with van der Waals surface area (Å²) in [6, 6.07) is 17.5. The summed E-state index contributed by atoms with van der Waals surface area (Å²) >= 11 is 0. The van der Waals surface area contributed by atoms with Crippen molar-refractivity contribution in [3.8, 4) is 0 Å². The molecule has 2 aliphatic heterocycles. The molecule has 0 saturated carbocycles. The molecule has 2 aliphatic rings. The number of hydrogen-bond donors (Lipinski definition) is 1. The molecule has 2 amide bonds. The minimum absolute atomic E-state index is 0.0659. The van der Waals surface area contributed by atoms with E-state index in [9.17, 15) is 9.59 Å². The Morgan fingerprint density at radius 1 is 0.867 bits per heavy atom. The van der Waals surface area contributed by atoms with Crippen molar-refractivity contribution in [1.29, 1.82) is 0 Å². The quantitative estimate of drug-likeness (QED) is 0.789. The number of amides is 2. The fraction of sp³-hybridized carbons (Fsp3) is 0.440. The molecule has 158 valence electrons. The molecule has 5 nitrogen and oxygen atoms in total. The van der Waals surface area contributed by atoms with E-state index < -0.39 is 6.04 Å². The van der Waals surface area contributed by atoms with E-state index in [-0.39, 0.29) is 11.8 Å². The van der Waals surface area contributed by atoms with E-state index in [1.165, 1.54) is 24.9 Å². The highest BCUT2D eigenvalue weighted by Gasteiger charge is 2.32. The van der Waals surface area contributed by atoms with Gasteiger partial charge in [-0.1, -0.05) is 42.5 Å². The molecule has 4 rings (SSSR count). The molecule has 2 aromatic carbocycles. The first kappa shape index (κ1) is 20.5. The zero-order chi connectivity index (χ0) is 20.8. The van der Waals surface area contributed by atoms with Crippen molar-refractivity contribution in [3.05, 3.63) is 65.7 Å². The van der Waals surface area contributed by atoms with Crippen LogP contribution in [-0.4, -0.2) is 36.3 Å². The molecular formula is C25H31N3O2. The Morgan fingerprint density at radius 3 is 2.27 bits per heavy atom. The summed E-state index contributed by atoms with van der Waals surface area (Å²) in [6.07, 6.45) is 6.21. The van der Waals surface area contributed by atoms with Gasteiger partial charge in [-0.15, -0.1) is 0 Å². The van der Waals surface area contributed by atoms with Gasteiger partial charge in [-0.05, 0) is 55.4 Å². The molecule has 1 atom stereocenters. The number of carbonyl (C=O) groups is 2. The third-order valence-corrected chi connectivity index (χ3v) is 6.16. The largest absolute Gasteiger partial charge is 0.372 e. The molecule has 0 bridgehead atoms. The van der Waals surface area contributed by atoms with Gasteiger partial charge in [0, 0.05) is 38.3 Å². The number of carbonyl (C=O) groups excluding carboxylic acids is 2. The smallest absolute Gasteiger partial charge is 0.247 e. The lowest BCUT2D eigenvalue weighted by molar-refractivity contribution is -0.142. The van der Waals surface area contributed by atoms with Crippen LogP contribution in [0, 0.1) is 0 Å². The van der Waals surface area contributed by atoms with E-state index in [0.717, 1.165) is 37.1 Å². The molecule has 1 N–H and O–H groups in total. The standard InChI is InChI=1S/C25H31N3O2/c29-23-11-5-8-18-28(23)24(21-9-3-1-4-10-21)25(30)26-19-20-12-14-22(15-13-20)27-16-6-2-7-17-27/h1,3-4,9-10,12-15,24H,2,5-8,11,16-19H2,(H,26,30). The first-order valence-electron chi connectivity index (χ1n) is 11.2. The first-order valence-corrected chi connectivity index (χ1v) is 11.2. The molecule has 2 heterocycles. The molecule has 0 radical (unpaired) electrons. The Bertz CT molecular complexity index is 844. The number of rotatable bonds is 6. The summed E-state index contributed by atoms with van der Waals surface area (Å²) in [4.78, 5) is 29.9. The van der Waals surface area contributed by atoms with E-state index in [4.69, 9.17) is 0 Å². The summed E-state index contributed by atoms with van der Waals surface area (Å²) in [6.45, 7) is 3.35. The average Bonchev–Trinajstić information content (AvgIpc) is 2.81. The minimum Gasteiger partial charge on any atom is -0.372 e. The van der Waals surface area contributed by atoms with Gasteiger partial charge >= 0.3 is 0 Å². The maximum Gasteiger partial charge on any atom is 0.247 e. The number of nitrogens with zero attached hydrogens (tertiary/aromatic N) is 2. The highest BCUT2D eigenvalue weighted by atomic mass is 16.2. The van der Waals surface area contributed by atoms with Gasteiger partial charge < -0.3 is 15.1 Å². The molecule has 2 fully saturated rings. The van der Waals surface area contributed by atoms with Crippen LogP contribution in [0.5, 0.6) is 0 Å². The highest BCUT2D eigenvalue weighted by Crippen LogP contribution is 2.26. The van der Waals surface area contributed by atoms with Crippen LogP contribution in [0.25, 0.3) is 0 Å². The monoisotopic (exact) mass is 405 g/mol. The fourth-order valence-corrected chi connectivity index (χ4v) is 4.47. The lowest BCUT2D eigenvalue weighted by atomic mass is 10.0. The summed E-state index contributed by atoms with van der Waals surface area (Å²) < 4.78 is 0. The summed E-state index contributed by atoms with van der Waals surface area (Å²) in [5, 5.41) is 3.07. The maximum atomic E-state index is 13.2. The number of likely N-dealkylation sites (tertiary alicyclic amines) is 1. The fourth-order valence-electron chi connectivity index (χ4n) is 4.47. The molecular weight excluding hydrogens is 374 g/mol. The predicted molar refractivity (Wildman–Crippen MR) is 119 cm³/mol. The molecule has 30 heavy (non-hydrogen) atoms. The van der Waals surface area contributed by atoms with E-state index in [1.807, 2.05) is 30.3 Å². The van der Waals surface area contributed by atoms with E-state index in [0.29, 0.717) is 19.5 Å². The second-order valence-electron chi connectivity index (χ2n) is 8.29. The van der Waals surface area contributed by atoms with Gasteiger partial charge in [-0.25, -0.2) is 0 Å². The topological polar surface area (TPSA) is 52.7 Å². The van der Waals surface area contributed by atoms with E-state index in [2.05, 4.69) is 34.5 Å². The zero-order valence-corrected chi connectivity index (χ0v) is 17.6. The van der Waals surface area contributed by atoms with Crippen LogP contribution < -0.4 is 10.2 Å². The zero-order valence-electron chi connectivity index (χ0n) is 17.6. The van der Waals surface area contributed by atoms with Crippen molar-refractivity contribution < 1.29 is 9.59 Å². The van der Waals surface area contributed by atoms with Crippen LogP contribution in [-0.2, 0) is 16.1 Å². The van der Waals surface area contributed by atoms with Gasteiger partial charge in [0.1, 0.15) is 6.04 Å². The van der Waals surface area contributed by atoms with Gasteiger partial charge in [0.2, 0.25) is 11.8 Å². The number of anilines is 1. The average molecular weight is 406 g/mol. The Labute approximate surface area is 179 Å². The van der Waals surface area contributed by atoms with E-state index >= 15 is 0 Å². The number of hydrogen-bond acceptors (Lipinski definition) is 3. The van der Waals surface area contributed by atoms with Crippen LogP contribution in [0.1, 0.15) is 55.7 Å². The first-order chi connectivity index (χ1) is 14.7. The minimum atomic E-state index is -0.563. The third-order valence-electron chi connectivity index (χ3n) is 6.16. The van der Waals surface area contributed by atoms with Gasteiger partial charge in [0.25, 0.3) is 0 Å². The van der Waals surface area contributed by atoms with Crippen molar-refractivity contribution in [2.75, 3.05) is 24.5 Å². The van der Waals surface area contributed by atoms with Crippen LogP contribution >= 0.6 is 0 Å². The van der Waals surface area contributed by atoms with Crippen LogP contribution in [0.2, 0.25) is 0 Å². The van der Waals surface area contributed by atoms with E-state index in [1.54, 1.807) is 4.90 Å². The highest BCUT2D eigenvalue weighted by molar-refractivity contribution is 5.89. The van der Waals surface area contributed by atoms with Gasteiger partial charge in [-0.3, -0.25) is 9.59 Å². The Kier molecular flexibility index (Phi) is 6.67. The van der Waals surface area contributed by atoms with Crippen LogP contribution in [0.3, 0.4) is 0 Å². The Balaban J connectivity index is 1.43. The normalized spacial score (nSPS) is 18.2. The molecule has 0 aromatic heterocycles. The van der Waals surface area contributed by atoms with Crippen molar-refractivity contribution in [3.63, 3.8) is 0 Å². The van der Waals surface area contributed by atoms with Gasteiger partial charge in [0.15, 0.2) is 0 Å². The van der Waals surface area contributed by atoms with Crippen LogP contribution in [0.15, 0.2) is 54.6 Å². The molecule has 2 saturated heterocycles. The van der Waals surface area contributed by atoms with Crippen molar-refractivity contribution in [2.24, 2.45) is 0 Å². The molecule has 0 spiro atoms. The molecule has 1 unspecified atom stereocenters. The third kappa shape index (κ3) is 4.84. The lowest BCUT2D eigenvalue weighted by Gasteiger charge is -2.34. The molecule has 5 heteroatoms. The van der Waals surface area contributed by atoms with Gasteiger partial charge in [0.05, 0.1) is 0 Å². The lowest BCUT2D eigenvalue weighted by Crippen LogP contribution is -2.45.